The molecule has 1 aliphatic heterocycles. The van der Waals surface area contributed by atoms with Gasteiger partial charge in [0.05, 0.1) is 10.6 Å². The van der Waals surface area contributed by atoms with Crippen LogP contribution in [-0.2, 0) is 16.4 Å². The Morgan fingerprint density at radius 1 is 1.33 bits per heavy atom. The molecule has 0 amide bonds. The minimum Gasteiger partial charge on any atom is -0.356 e. The highest BCUT2D eigenvalue weighted by Crippen LogP contribution is 2.22. The predicted octanol–water partition coefficient (Wildman–Crippen LogP) is 2.87. The van der Waals surface area contributed by atoms with Gasteiger partial charge in [0.2, 0.25) is 10.0 Å². The van der Waals surface area contributed by atoms with Gasteiger partial charge in [0.15, 0.2) is 5.58 Å². The van der Waals surface area contributed by atoms with Gasteiger partial charge in [-0.1, -0.05) is 5.16 Å². The Morgan fingerprint density at radius 3 is 2.96 bits per heavy atom. The Balaban J connectivity index is 1.19. The highest BCUT2D eigenvalue weighted by Gasteiger charge is 2.27. The number of likely N-dealkylation sites (tertiary alicyclic amines) is 1. The summed E-state index contributed by atoms with van der Waals surface area (Å²) in [4.78, 5) is 2.63. The van der Waals surface area contributed by atoms with E-state index in [4.69, 9.17) is 4.52 Å². The number of aryl methyl sites for hydroxylation is 1. The number of benzene rings is 1. The normalized spacial score (nSPS) is 16.0. The van der Waals surface area contributed by atoms with Crippen molar-refractivity contribution in [2.45, 2.75) is 17.7 Å². The molecule has 0 spiro atoms. The summed E-state index contributed by atoms with van der Waals surface area (Å²) in [6.45, 7) is 3.16. The Hall–Kier alpha value is -1.81. The highest BCUT2D eigenvalue weighted by atomic mass is 32.2. The molecular formula is C18H20FN3O3S2. The van der Waals surface area contributed by atoms with E-state index in [-0.39, 0.29) is 5.82 Å². The van der Waals surface area contributed by atoms with E-state index in [9.17, 15) is 12.8 Å². The Morgan fingerprint density at radius 2 is 2.19 bits per heavy atom. The van der Waals surface area contributed by atoms with Crippen LogP contribution >= 0.6 is 11.3 Å². The van der Waals surface area contributed by atoms with Crippen LogP contribution < -0.4 is 4.72 Å². The fourth-order valence-electron chi connectivity index (χ4n) is 3.32. The molecule has 0 atom stereocenters. The first kappa shape index (κ1) is 18.5. The monoisotopic (exact) mass is 409 g/mol. The third kappa shape index (κ3) is 4.21. The topological polar surface area (TPSA) is 75.4 Å². The SMILES string of the molecule is O=S(=O)(NCC1CN(CCCc2noc3cc(F)ccc23)C1)c1ccsc1. The number of rotatable bonds is 8. The third-order valence-corrected chi connectivity index (χ3v) is 7.05. The average molecular weight is 410 g/mol. The summed E-state index contributed by atoms with van der Waals surface area (Å²) in [6, 6.07) is 6.08. The molecular weight excluding hydrogens is 389 g/mol. The van der Waals surface area contributed by atoms with Crippen molar-refractivity contribution in [3.8, 4) is 0 Å². The Bertz CT molecular complexity index is 1010. The number of aromatic nitrogens is 1. The van der Waals surface area contributed by atoms with Crippen LogP contribution in [0.25, 0.3) is 11.0 Å². The molecule has 4 rings (SSSR count). The van der Waals surface area contributed by atoms with E-state index in [0.717, 1.165) is 43.6 Å². The number of nitrogens with zero attached hydrogens (tertiary/aromatic N) is 2. The van der Waals surface area contributed by atoms with Crippen molar-refractivity contribution in [3.05, 3.63) is 46.5 Å². The largest absolute Gasteiger partial charge is 0.356 e. The van der Waals surface area contributed by atoms with Crippen LogP contribution in [0.2, 0.25) is 0 Å². The second kappa shape index (κ2) is 7.67. The molecule has 3 aromatic rings. The molecule has 1 fully saturated rings. The van der Waals surface area contributed by atoms with Crippen molar-refractivity contribution in [2.24, 2.45) is 5.92 Å². The first-order valence-electron chi connectivity index (χ1n) is 8.79. The van der Waals surface area contributed by atoms with E-state index < -0.39 is 10.0 Å². The van der Waals surface area contributed by atoms with Gasteiger partial charge < -0.3 is 9.42 Å². The van der Waals surface area contributed by atoms with Crippen LogP contribution in [0.5, 0.6) is 0 Å². The molecule has 0 saturated carbocycles. The third-order valence-electron chi connectivity index (χ3n) is 4.80. The summed E-state index contributed by atoms with van der Waals surface area (Å²) in [7, 11) is -3.38. The van der Waals surface area contributed by atoms with Crippen LogP contribution in [-0.4, -0.2) is 44.7 Å². The first-order chi connectivity index (χ1) is 13.0. The van der Waals surface area contributed by atoms with E-state index in [2.05, 4.69) is 14.8 Å². The fraction of sp³-hybridized carbons (Fsp3) is 0.389. The molecule has 1 saturated heterocycles. The lowest BCUT2D eigenvalue weighted by molar-refractivity contribution is 0.102. The van der Waals surface area contributed by atoms with Gasteiger partial charge in [0.25, 0.3) is 0 Å². The molecule has 3 heterocycles. The first-order valence-corrected chi connectivity index (χ1v) is 11.2. The zero-order valence-corrected chi connectivity index (χ0v) is 16.2. The summed E-state index contributed by atoms with van der Waals surface area (Å²) in [5.41, 5.74) is 1.33. The van der Waals surface area contributed by atoms with Gasteiger partial charge in [-0.25, -0.2) is 17.5 Å². The lowest BCUT2D eigenvalue weighted by Crippen LogP contribution is -2.51. The van der Waals surface area contributed by atoms with Crippen LogP contribution in [0.4, 0.5) is 4.39 Å². The van der Waals surface area contributed by atoms with Crippen LogP contribution in [0, 0.1) is 11.7 Å². The van der Waals surface area contributed by atoms with Gasteiger partial charge >= 0.3 is 0 Å². The van der Waals surface area contributed by atoms with E-state index in [1.807, 2.05) is 0 Å². The second-order valence-corrected chi connectivity index (χ2v) is 9.36. The van der Waals surface area contributed by atoms with Crippen molar-refractivity contribution in [1.29, 1.82) is 0 Å². The lowest BCUT2D eigenvalue weighted by atomic mass is 10.00. The summed E-state index contributed by atoms with van der Waals surface area (Å²) in [5.74, 6) is 0.0145. The average Bonchev–Trinajstić information content (AvgIpc) is 3.26. The lowest BCUT2D eigenvalue weighted by Gasteiger charge is -2.39. The maximum Gasteiger partial charge on any atom is 0.241 e. The number of hydrogen-bond donors (Lipinski definition) is 1. The van der Waals surface area contributed by atoms with Crippen molar-refractivity contribution in [3.63, 3.8) is 0 Å². The molecule has 1 aromatic carbocycles. The van der Waals surface area contributed by atoms with Crippen molar-refractivity contribution >= 4 is 32.3 Å². The summed E-state index contributed by atoms with van der Waals surface area (Å²) in [5, 5.41) is 8.29. The number of sulfonamides is 1. The molecule has 1 N–H and O–H groups in total. The number of fused-ring (bicyclic) bond motifs is 1. The van der Waals surface area contributed by atoms with Gasteiger partial charge in [-0.15, -0.1) is 0 Å². The molecule has 144 valence electrons. The Labute approximate surface area is 161 Å². The number of hydrogen-bond acceptors (Lipinski definition) is 6. The highest BCUT2D eigenvalue weighted by molar-refractivity contribution is 7.89. The second-order valence-electron chi connectivity index (χ2n) is 6.81. The van der Waals surface area contributed by atoms with E-state index in [1.54, 1.807) is 22.9 Å². The Kier molecular flexibility index (Phi) is 5.27. The predicted molar refractivity (Wildman–Crippen MR) is 102 cm³/mol. The van der Waals surface area contributed by atoms with Gasteiger partial charge in [-0.2, -0.15) is 11.3 Å². The maximum atomic E-state index is 13.2. The van der Waals surface area contributed by atoms with Crippen LogP contribution in [0.1, 0.15) is 12.1 Å². The zero-order chi connectivity index (χ0) is 18.9. The van der Waals surface area contributed by atoms with Gasteiger partial charge in [-0.05, 0) is 48.9 Å². The number of nitrogens with one attached hydrogen (secondary N) is 1. The standard InChI is InChI=1S/C18H20FN3O3S2/c19-14-3-4-16-17(21-25-18(16)8-14)2-1-6-22-10-13(11-22)9-20-27(23,24)15-5-7-26-12-15/h3-5,7-8,12-13,20H,1-2,6,9-11H2. The zero-order valence-electron chi connectivity index (χ0n) is 14.6. The number of thiophene rings is 1. The molecule has 0 bridgehead atoms. The van der Waals surface area contributed by atoms with Gasteiger partial charge in [-0.3, -0.25) is 0 Å². The summed E-state index contributed by atoms with van der Waals surface area (Å²) in [6.07, 6.45) is 1.69. The molecule has 2 aromatic heterocycles. The molecule has 6 nitrogen and oxygen atoms in total. The van der Waals surface area contributed by atoms with E-state index in [0.29, 0.717) is 22.9 Å². The number of halogens is 1. The maximum absolute atomic E-state index is 13.2. The molecule has 9 heteroatoms. The van der Waals surface area contributed by atoms with Gasteiger partial charge in [0, 0.05) is 36.5 Å². The molecule has 27 heavy (non-hydrogen) atoms. The van der Waals surface area contributed by atoms with Crippen LogP contribution in [0.3, 0.4) is 0 Å². The van der Waals surface area contributed by atoms with E-state index >= 15 is 0 Å². The molecule has 1 aliphatic rings. The molecule has 0 aliphatic carbocycles. The van der Waals surface area contributed by atoms with Gasteiger partial charge in [0.1, 0.15) is 5.82 Å². The van der Waals surface area contributed by atoms with Crippen molar-refractivity contribution < 1.29 is 17.3 Å². The van der Waals surface area contributed by atoms with Crippen LogP contribution in [0.15, 0.2) is 44.4 Å². The minimum absolute atomic E-state index is 0.327. The van der Waals surface area contributed by atoms with Crippen molar-refractivity contribution in [2.75, 3.05) is 26.2 Å². The quantitative estimate of drug-likeness (QED) is 0.619. The molecule has 0 radical (unpaired) electrons. The fourth-order valence-corrected chi connectivity index (χ4v) is 5.46. The smallest absolute Gasteiger partial charge is 0.241 e. The summed E-state index contributed by atoms with van der Waals surface area (Å²) < 4.78 is 45.2. The molecule has 0 unspecified atom stereocenters. The summed E-state index contributed by atoms with van der Waals surface area (Å²) >= 11 is 1.37. The van der Waals surface area contributed by atoms with E-state index in [1.165, 1.54) is 23.5 Å². The minimum atomic E-state index is -3.38. The van der Waals surface area contributed by atoms with Crippen molar-refractivity contribution in [1.82, 2.24) is 14.8 Å².